The monoisotopic (exact) mass is 386 g/mol. The summed E-state index contributed by atoms with van der Waals surface area (Å²) < 4.78 is 2.08. The first-order valence-electron chi connectivity index (χ1n) is 10.4. The van der Waals surface area contributed by atoms with Gasteiger partial charge in [0, 0.05) is 47.2 Å². The van der Waals surface area contributed by atoms with Crippen LogP contribution < -0.4 is 5.32 Å². The highest BCUT2D eigenvalue weighted by molar-refractivity contribution is 5.99. The molecule has 5 heteroatoms. The Hall–Kier alpha value is -2.95. The van der Waals surface area contributed by atoms with Crippen LogP contribution in [0.5, 0.6) is 0 Å². The van der Waals surface area contributed by atoms with Crippen molar-refractivity contribution in [1.29, 1.82) is 0 Å². The number of nitrogens with one attached hydrogen (secondary N) is 1. The summed E-state index contributed by atoms with van der Waals surface area (Å²) in [5, 5.41) is 7.54. The lowest BCUT2D eigenvalue weighted by Crippen LogP contribution is -2.19. The van der Waals surface area contributed by atoms with E-state index in [1.807, 2.05) is 31.3 Å². The van der Waals surface area contributed by atoms with Crippen LogP contribution in [0.1, 0.15) is 54.2 Å². The molecular formula is C24H26N4O. The van der Waals surface area contributed by atoms with Gasteiger partial charge >= 0.3 is 0 Å². The van der Waals surface area contributed by atoms with Crippen LogP contribution >= 0.6 is 0 Å². The number of nitrogens with zero attached hydrogens (tertiary/aromatic N) is 3. The third-order valence-electron chi connectivity index (χ3n) is 6.40. The number of aromatic nitrogens is 3. The maximum Gasteiger partial charge on any atom is 0.251 e. The Kier molecular flexibility index (Phi) is 4.26. The van der Waals surface area contributed by atoms with Crippen molar-refractivity contribution in [1.82, 2.24) is 20.1 Å². The van der Waals surface area contributed by atoms with Crippen LogP contribution in [-0.2, 0) is 13.1 Å². The lowest BCUT2D eigenvalue weighted by molar-refractivity contribution is 0.0966. The third kappa shape index (κ3) is 3.35. The molecule has 0 spiro atoms. The minimum atomic E-state index is -0.00585. The zero-order valence-corrected chi connectivity index (χ0v) is 17.0. The van der Waals surface area contributed by atoms with E-state index in [1.54, 1.807) is 0 Å². The molecule has 0 saturated heterocycles. The first-order chi connectivity index (χ1) is 14.0. The number of hydrogen-bond donors (Lipinski definition) is 1. The van der Waals surface area contributed by atoms with Gasteiger partial charge in [-0.3, -0.25) is 14.5 Å². The van der Waals surface area contributed by atoms with Crippen LogP contribution in [0.15, 0.2) is 42.7 Å². The summed E-state index contributed by atoms with van der Waals surface area (Å²) in [4.78, 5) is 17.0. The van der Waals surface area contributed by atoms with Crippen LogP contribution in [0.4, 0.5) is 0 Å². The average molecular weight is 386 g/mol. The third-order valence-corrected chi connectivity index (χ3v) is 6.40. The van der Waals surface area contributed by atoms with E-state index in [0.29, 0.717) is 12.0 Å². The van der Waals surface area contributed by atoms with E-state index >= 15 is 0 Å². The molecule has 148 valence electrons. The summed E-state index contributed by atoms with van der Waals surface area (Å²) in [7, 11) is 0. The molecule has 1 aliphatic heterocycles. The SMILES string of the molecule is Cc1ccc(-c2cnn(CC3(C)CCCC3)c2)c(-c2ccc3c(c2)C(=O)NC3)n1. The summed E-state index contributed by atoms with van der Waals surface area (Å²) in [6.45, 7) is 5.93. The quantitative estimate of drug-likeness (QED) is 0.704. The van der Waals surface area contributed by atoms with Crippen molar-refractivity contribution in [3.05, 3.63) is 59.5 Å². The predicted molar refractivity (Wildman–Crippen MR) is 113 cm³/mol. The van der Waals surface area contributed by atoms with Gasteiger partial charge in [0.15, 0.2) is 0 Å². The van der Waals surface area contributed by atoms with Gasteiger partial charge in [-0.15, -0.1) is 0 Å². The Balaban J connectivity index is 1.52. The first-order valence-corrected chi connectivity index (χ1v) is 10.4. The highest BCUT2D eigenvalue weighted by atomic mass is 16.1. The van der Waals surface area contributed by atoms with E-state index in [1.165, 1.54) is 25.7 Å². The maximum atomic E-state index is 12.1. The van der Waals surface area contributed by atoms with Gasteiger partial charge in [0.05, 0.1) is 11.9 Å². The van der Waals surface area contributed by atoms with Crippen molar-refractivity contribution in [3.63, 3.8) is 0 Å². The van der Waals surface area contributed by atoms with Gasteiger partial charge in [-0.1, -0.05) is 38.0 Å². The molecule has 1 aromatic carbocycles. The Labute approximate surface area is 171 Å². The predicted octanol–water partition coefficient (Wildman–Crippen LogP) is 4.74. The van der Waals surface area contributed by atoms with Gasteiger partial charge in [0.2, 0.25) is 0 Å². The number of benzene rings is 1. The Morgan fingerprint density at radius 2 is 1.93 bits per heavy atom. The number of fused-ring (bicyclic) bond motifs is 1. The second-order valence-corrected chi connectivity index (χ2v) is 8.85. The number of pyridine rings is 1. The molecule has 29 heavy (non-hydrogen) atoms. The summed E-state index contributed by atoms with van der Waals surface area (Å²) in [6, 6.07) is 10.2. The van der Waals surface area contributed by atoms with Crippen molar-refractivity contribution < 1.29 is 4.79 Å². The molecule has 0 radical (unpaired) electrons. The van der Waals surface area contributed by atoms with Crippen molar-refractivity contribution in [2.45, 2.75) is 52.6 Å². The second kappa shape index (κ2) is 6.83. The molecule has 0 unspecified atom stereocenters. The average Bonchev–Trinajstić information content (AvgIpc) is 3.43. The topological polar surface area (TPSA) is 59.8 Å². The van der Waals surface area contributed by atoms with E-state index in [4.69, 9.17) is 4.98 Å². The second-order valence-electron chi connectivity index (χ2n) is 8.85. The van der Waals surface area contributed by atoms with E-state index in [9.17, 15) is 4.79 Å². The molecule has 0 atom stereocenters. The first kappa shape index (κ1) is 18.1. The molecule has 5 nitrogen and oxygen atoms in total. The van der Waals surface area contributed by atoms with E-state index in [2.05, 4.69) is 40.4 Å². The highest BCUT2D eigenvalue weighted by Gasteiger charge is 2.29. The zero-order chi connectivity index (χ0) is 20.0. The van der Waals surface area contributed by atoms with Crippen molar-refractivity contribution in [3.8, 4) is 22.4 Å². The number of hydrogen-bond acceptors (Lipinski definition) is 3. The summed E-state index contributed by atoms with van der Waals surface area (Å²) >= 11 is 0. The minimum absolute atomic E-state index is 0.00585. The Bertz CT molecular complexity index is 1090. The lowest BCUT2D eigenvalue weighted by atomic mass is 9.89. The molecule has 1 fully saturated rings. The van der Waals surface area contributed by atoms with Gasteiger partial charge in [-0.25, -0.2) is 0 Å². The number of carbonyl (C=O) groups is 1. The highest BCUT2D eigenvalue weighted by Crippen LogP contribution is 2.39. The van der Waals surface area contributed by atoms with Crippen LogP contribution in [0.2, 0.25) is 0 Å². The molecule has 1 aliphatic carbocycles. The molecule has 3 heterocycles. The van der Waals surface area contributed by atoms with E-state index < -0.39 is 0 Å². The Morgan fingerprint density at radius 1 is 1.10 bits per heavy atom. The van der Waals surface area contributed by atoms with Gasteiger partial charge in [-0.05, 0) is 42.9 Å². The molecule has 1 amide bonds. The molecular weight excluding hydrogens is 360 g/mol. The summed E-state index contributed by atoms with van der Waals surface area (Å²) in [6.07, 6.45) is 9.27. The van der Waals surface area contributed by atoms with E-state index in [0.717, 1.165) is 45.7 Å². The Morgan fingerprint density at radius 3 is 2.76 bits per heavy atom. The van der Waals surface area contributed by atoms with E-state index in [-0.39, 0.29) is 5.91 Å². The normalized spacial score (nSPS) is 17.4. The summed E-state index contributed by atoms with van der Waals surface area (Å²) in [5.74, 6) is -0.00585. The molecule has 1 N–H and O–H groups in total. The van der Waals surface area contributed by atoms with Gasteiger partial charge in [-0.2, -0.15) is 5.10 Å². The fourth-order valence-corrected chi connectivity index (χ4v) is 4.74. The van der Waals surface area contributed by atoms with Crippen LogP contribution in [0.3, 0.4) is 0 Å². The van der Waals surface area contributed by atoms with Crippen molar-refractivity contribution >= 4 is 5.91 Å². The zero-order valence-electron chi connectivity index (χ0n) is 17.0. The number of amides is 1. The largest absolute Gasteiger partial charge is 0.348 e. The molecule has 2 aliphatic rings. The number of rotatable bonds is 4. The van der Waals surface area contributed by atoms with Gasteiger partial charge in [0.1, 0.15) is 0 Å². The molecule has 3 aromatic rings. The van der Waals surface area contributed by atoms with Crippen molar-refractivity contribution in [2.75, 3.05) is 0 Å². The molecule has 5 rings (SSSR count). The smallest absolute Gasteiger partial charge is 0.251 e. The minimum Gasteiger partial charge on any atom is -0.348 e. The lowest BCUT2D eigenvalue weighted by Gasteiger charge is -2.22. The molecule has 1 saturated carbocycles. The fraction of sp³-hybridized carbons (Fsp3) is 0.375. The van der Waals surface area contributed by atoms with Crippen LogP contribution in [0.25, 0.3) is 22.4 Å². The summed E-state index contributed by atoms with van der Waals surface area (Å²) in [5.41, 5.74) is 7.10. The standard InChI is InChI=1S/C24H26N4O/c1-16-5-8-20(19-13-26-28(14-19)15-24(2)9-3-4-10-24)22(27-16)17-6-7-18-12-25-23(29)21(18)11-17/h5-8,11,13-14H,3-4,9-10,12,15H2,1-2H3,(H,25,29). The van der Waals surface area contributed by atoms with Crippen LogP contribution in [0, 0.1) is 12.3 Å². The van der Waals surface area contributed by atoms with Crippen molar-refractivity contribution in [2.24, 2.45) is 5.41 Å². The van der Waals surface area contributed by atoms with Gasteiger partial charge < -0.3 is 5.32 Å². The number of carbonyl (C=O) groups excluding carboxylic acids is 1. The van der Waals surface area contributed by atoms with Gasteiger partial charge in [0.25, 0.3) is 5.91 Å². The molecule has 2 aromatic heterocycles. The molecule has 0 bridgehead atoms. The maximum absolute atomic E-state index is 12.1. The fourth-order valence-electron chi connectivity index (χ4n) is 4.74. The number of aryl methyl sites for hydroxylation is 1. The van der Waals surface area contributed by atoms with Crippen LogP contribution in [-0.4, -0.2) is 20.7 Å².